The lowest BCUT2D eigenvalue weighted by atomic mass is 10.1. The zero-order chi connectivity index (χ0) is 20.1. The second-order valence-corrected chi connectivity index (χ2v) is 7.23. The van der Waals surface area contributed by atoms with Gasteiger partial charge in [-0.25, -0.2) is 4.79 Å². The van der Waals surface area contributed by atoms with Gasteiger partial charge in [0.1, 0.15) is 0 Å². The van der Waals surface area contributed by atoms with Crippen molar-refractivity contribution < 1.29 is 14.0 Å². The first-order chi connectivity index (χ1) is 13.4. The van der Waals surface area contributed by atoms with Crippen molar-refractivity contribution in [2.75, 3.05) is 10.6 Å². The van der Waals surface area contributed by atoms with Crippen molar-refractivity contribution in [3.63, 3.8) is 0 Å². The standard InChI is InChI=1S/C20H17BrClN3O3/c1-12(14-5-2-3-6-15(14)21)23-20(27)24-13-8-9-17(16(22)11-13)25-19(26)18-7-4-10-28-18/h2-12H,1H3,(H,25,26)(H2,23,24,27). The molecule has 1 atom stereocenters. The molecular weight excluding hydrogens is 446 g/mol. The number of amides is 3. The van der Waals surface area contributed by atoms with E-state index in [2.05, 4.69) is 31.9 Å². The number of carbonyl (C=O) groups excluding carboxylic acids is 2. The van der Waals surface area contributed by atoms with Crippen molar-refractivity contribution in [1.29, 1.82) is 0 Å². The first-order valence-electron chi connectivity index (χ1n) is 8.40. The zero-order valence-corrected chi connectivity index (χ0v) is 17.2. The smallest absolute Gasteiger partial charge is 0.319 e. The van der Waals surface area contributed by atoms with E-state index in [1.54, 1.807) is 30.3 Å². The Kier molecular flexibility index (Phi) is 6.38. The monoisotopic (exact) mass is 461 g/mol. The van der Waals surface area contributed by atoms with Gasteiger partial charge in [-0.15, -0.1) is 0 Å². The summed E-state index contributed by atoms with van der Waals surface area (Å²) in [5, 5.41) is 8.54. The molecule has 0 bridgehead atoms. The molecule has 3 amide bonds. The molecule has 3 N–H and O–H groups in total. The van der Waals surface area contributed by atoms with Crippen molar-refractivity contribution in [2.45, 2.75) is 13.0 Å². The third-order valence-corrected chi connectivity index (χ3v) is 4.97. The minimum atomic E-state index is -0.410. The van der Waals surface area contributed by atoms with E-state index in [9.17, 15) is 9.59 Å². The summed E-state index contributed by atoms with van der Waals surface area (Å²) in [6, 6.07) is 15.1. The number of carbonyl (C=O) groups is 2. The maximum Gasteiger partial charge on any atom is 0.319 e. The van der Waals surface area contributed by atoms with Crippen LogP contribution in [0.2, 0.25) is 5.02 Å². The number of hydrogen-bond acceptors (Lipinski definition) is 3. The molecule has 28 heavy (non-hydrogen) atoms. The van der Waals surface area contributed by atoms with Gasteiger partial charge in [0.05, 0.1) is 23.0 Å². The van der Waals surface area contributed by atoms with E-state index >= 15 is 0 Å². The van der Waals surface area contributed by atoms with E-state index in [1.807, 2.05) is 31.2 Å². The summed E-state index contributed by atoms with van der Waals surface area (Å²) in [6.07, 6.45) is 1.41. The van der Waals surface area contributed by atoms with Gasteiger partial charge in [0.15, 0.2) is 5.76 Å². The van der Waals surface area contributed by atoms with Crippen molar-refractivity contribution in [1.82, 2.24) is 5.32 Å². The maximum absolute atomic E-state index is 12.3. The lowest BCUT2D eigenvalue weighted by molar-refractivity contribution is 0.0996. The van der Waals surface area contributed by atoms with Crippen LogP contribution in [0.15, 0.2) is 69.8 Å². The van der Waals surface area contributed by atoms with Gasteiger partial charge in [0, 0.05) is 10.2 Å². The van der Waals surface area contributed by atoms with Crippen LogP contribution < -0.4 is 16.0 Å². The maximum atomic E-state index is 12.3. The Hall–Kier alpha value is -2.77. The molecule has 2 aromatic carbocycles. The minimum Gasteiger partial charge on any atom is -0.459 e. The molecule has 0 aliphatic rings. The lowest BCUT2D eigenvalue weighted by Crippen LogP contribution is -2.31. The first kappa shape index (κ1) is 20.0. The molecular formula is C20H17BrClN3O3. The molecule has 0 aliphatic heterocycles. The summed E-state index contributed by atoms with van der Waals surface area (Å²) in [5.41, 5.74) is 1.88. The number of anilines is 2. The molecule has 0 saturated carbocycles. The summed E-state index contributed by atoms with van der Waals surface area (Å²) in [6.45, 7) is 1.89. The summed E-state index contributed by atoms with van der Waals surface area (Å²) in [4.78, 5) is 24.3. The lowest BCUT2D eigenvalue weighted by Gasteiger charge is -2.17. The van der Waals surface area contributed by atoms with Gasteiger partial charge in [0.25, 0.3) is 5.91 Å². The number of urea groups is 1. The highest BCUT2D eigenvalue weighted by Gasteiger charge is 2.14. The van der Waals surface area contributed by atoms with E-state index in [4.69, 9.17) is 16.0 Å². The largest absolute Gasteiger partial charge is 0.459 e. The number of furan rings is 1. The zero-order valence-electron chi connectivity index (χ0n) is 14.8. The van der Waals surface area contributed by atoms with Crippen LogP contribution in [0.3, 0.4) is 0 Å². The van der Waals surface area contributed by atoms with Crippen molar-refractivity contribution in [2.24, 2.45) is 0 Å². The molecule has 0 radical (unpaired) electrons. The first-order valence-corrected chi connectivity index (χ1v) is 9.57. The van der Waals surface area contributed by atoms with Gasteiger partial charge in [0.2, 0.25) is 0 Å². The SMILES string of the molecule is CC(NC(=O)Nc1ccc(NC(=O)c2ccco2)c(Cl)c1)c1ccccc1Br. The highest BCUT2D eigenvalue weighted by molar-refractivity contribution is 9.10. The van der Waals surface area contributed by atoms with Crippen LogP contribution in [0.5, 0.6) is 0 Å². The van der Waals surface area contributed by atoms with E-state index in [0.29, 0.717) is 11.4 Å². The quantitative estimate of drug-likeness (QED) is 0.446. The summed E-state index contributed by atoms with van der Waals surface area (Å²) >= 11 is 9.69. The number of halogens is 2. The van der Waals surface area contributed by atoms with Gasteiger partial charge in [-0.2, -0.15) is 0 Å². The van der Waals surface area contributed by atoms with E-state index < -0.39 is 5.91 Å². The van der Waals surface area contributed by atoms with Gasteiger partial charge in [-0.1, -0.05) is 45.7 Å². The van der Waals surface area contributed by atoms with Crippen LogP contribution in [0, 0.1) is 0 Å². The fourth-order valence-electron chi connectivity index (χ4n) is 2.55. The Balaban J connectivity index is 1.61. The molecule has 1 aromatic heterocycles. The minimum absolute atomic E-state index is 0.179. The van der Waals surface area contributed by atoms with Crippen molar-refractivity contribution in [3.05, 3.63) is 81.7 Å². The normalized spacial score (nSPS) is 11.5. The molecule has 144 valence electrons. The predicted molar refractivity (Wildman–Crippen MR) is 113 cm³/mol. The Morgan fingerprint density at radius 2 is 1.86 bits per heavy atom. The van der Waals surface area contributed by atoms with Gasteiger partial charge in [-0.3, -0.25) is 4.79 Å². The Bertz CT molecular complexity index is 992. The second-order valence-electron chi connectivity index (χ2n) is 5.97. The highest BCUT2D eigenvalue weighted by atomic mass is 79.9. The summed E-state index contributed by atoms with van der Waals surface area (Å²) in [7, 11) is 0. The Labute approximate surface area is 175 Å². The number of hydrogen-bond donors (Lipinski definition) is 3. The molecule has 1 heterocycles. The van der Waals surface area contributed by atoms with Crippen LogP contribution in [-0.2, 0) is 0 Å². The molecule has 0 saturated heterocycles. The Morgan fingerprint density at radius 1 is 1.07 bits per heavy atom. The molecule has 6 nitrogen and oxygen atoms in total. The molecule has 3 rings (SSSR count). The van der Waals surface area contributed by atoms with Gasteiger partial charge >= 0.3 is 6.03 Å². The van der Waals surface area contributed by atoms with Crippen LogP contribution >= 0.6 is 27.5 Å². The van der Waals surface area contributed by atoms with Crippen LogP contribution in [0.1, 0.15) is 29.1 Å². The van der Waals surface area contributed by atoms with Crippen molar-refractivity contribution >= 4 is 50.8 Å². The predicted octanol–water partition coefficient (Wildman–Crippen LogP) is 5.83. The van der Waals surface area contributed by atoms with Crippen LogP contribution in [0.4, 0.5) is 16.2 Å². The van der Waals surface area contributed by atoms with E-state index in [1.165, 1.54) is 6.26 Å². The summed E-state index contributed by atoms with van der Waals surface area (Å²) in [5.74, 6) is -0.230. The third kappa shape index (κ3) is 4.94. The molecule has 1 unspecified atom stereocenters. The molecule has 3 aromatic rings. The third-order valence-electron chi connectivity index (χ3n) is 3.94. The molecule has 0 fully saturated rings. The van der Waals surface area contributed by atoms with Crippen molar-refractivity contribution in [3.8, 4) is 0 Å². The van der Waals surface area contributed by atoms with E-state index in [0.717, 1.165) is 10.0 Å². The van der Waals surface area contributed by atoms with Gasteiger partial charge < -0.3 is 20.4 Å². The Morgan fingerprint density at radius 3 is 2.54 bits per heavy atom. The topological polar surface area (TPSA) is 83.4 Å². The second kappa shape index (κ2) is 8.95. The summed E-state index contributed by atoms with van der Waals surface area (Å²) < 4.78 is 5.96. The molecule has 8 heteroatoms. The molecule has 0 spiro atoms. The average molecular weight is 463 g/mol. The fraction of sp³-hybridized carbons (Fsp3) is 0.100. The van der Waals surface area contributed by atoms with Crippen LogP contribution in [0.25, 0.3) is 0 Å². The van der Waals surface area contributed by atoms with E-state index in [-0.39, 0.29) is 22.9 Å². The fourth-order valence-corrected chi connectivity index (χ4v) is 3.41. The highest BCUT2D eigenvalue weighted by Crippen LogP contribution is 2.27. The number of benzene rings is 2. The van der Waals surface area contributed by atoms with Gasteiger partial charge in [-0.05, 0) is 48.9 Å². The van der Waals surface area contributed by atoms with Crippen LogP contribution in [-0.4, -0.2) is 11.9 Å². The molecule has 0 aliphatic carbocycles. The number of rotatable bonds is 5. The average Bonchev–Trinajstić information content (AvgIpc) is 3.19. The number of nitrogens with one attached hydrogen (secondary N) is 3.